The van der Waals surface area contributed by atoms with Crippen molar-refractivity contribution in [2.75, 3.05) is 0 Å². The maximum Gasteiger partial charge on any atom is 0.352 e. The minimum Gasteiger partial charge on any atom is -0.383 e. The Morgan fingerprint density at radius 2 is 1.94 bits per heavy atom. The van der Waals surface area contributed by atoms with Gasteiger partial charge in [0.1, 0.15) is 11.4 Å². The van der Waals surface area contributed by atoms with Gasteiger partial charge in [0.05, 0.1) is 12.5 Å². The normalized spacial score (nSPS) is 23.3. The number of aliphatic hydroxyl groups is 1. The highest BCUT2D eigenvalue weighted by atomic mass is 19.3. The molecule has 1 unspecified atom stereocenters. The van der Waals surface area contributed by atoms with Crippen LogP contribution >= 0.6 is 0 Å². The fourth-order valence-electron chi connectivity index (χ4n) is 4.73. The van der Waals surface area contributed by atoms with Crippen LogP contribution in [0, 0.1) is 0 Å². The Hall–Kier alpha value is -2.68. The summed E-state index contributed by atoms with van der Waals surface area (Å²) >= 11 is 0. The largest absolute Gasteiger partial charge is 0.383 e. The average molecular weight is 434 g/mol. The van der Waals surface area contributed by atoms with Gasteiger partial charge in [0.25, 0.3) is 11.8 Å². The first-order valence-electron chi connectivity index (χ1n) is 10.5. The van der Waals surface area contributed by atoms with Crippen molar-refractivity contribution in [3.8, 4) is 0 Å². The molecule has 0 bridgehead atoms. The van der Waals surface area contributed by atoms with E-state index in [1.165, 1.54) is 4.90 Å². The molecule has 1 heterocycles. The molecule has 31 heavy (non-hydrogen) atoms. The molecule has 1 atom stereocenters. The Bertz CT molecular complexity index is 955. The van der Waals surface area contributed by atoms with E-state index >= 15 is 0 Å². The molecule has 2 aliphatic carbocycles. The van der Waals surface area contributed by atoms with Crippen LogP contribution in [0.3, 0.4) is 0 Å². The maximum absolute atomic E-state index is 14.4. The number of halogens is 2. The monoisotopic (exact) mass is 434 g/mol. The Morgan fingerprint density at radius 3 is 2.61 bits per heavy atom. The first-order valence-corrected chi connectivity index (χ1v) is 10.5. The number of nitrogens with zero attached hydrogens (tertiary/aromatic N) is 1. The Balaban J connectivity index is 1.42. The van der Waals surface area contributed by atoms with Crippen molar-refractivity contribution < 1.29 is 33.1 Å². The number of amides is 2. The molecule has 0 aromatic heterocycles. The third kappa shape index (κ3) is 3.75. The summed E-state index contributed by atoms with van der Waals surface area (Å²) in [5, 5.41) is 12.3. The quantitative estimate of drug-likeness (QED) is 0.689. The van der Waals surface area contributed by atoms with Crippen molar-refractivity contribution in [3.05, 3.63) is 34.9 Å². The molecule has 3 aliphatic rings. The average Bonchev–Trinajstić information content (AvgIpc) is 3.31. The van der Waals surface area contributed by atoms with Crippen LogP contribution < -0.4 is 5.32 Å². The lowest BCUT2D eigenvalue weighted by molar-refractivity contribution is -0.191. The zero-order valence-electron chi connectivity index (χ0n) is 17.0. The zero-order chi connectivity index (χ0) is 22.4. The van der Waals surface area contributed by atoms with Gasteiger partial charge < -0.3 is 15.3 Å². The molecule has 7 nitrogen and oxygen atoms in total. The van der Waals surface area contributed by atoms with Crippen LogP contribution in [-0.2, 0) is 27.5 Å². The van der Waals surface area contributed by atoms with Crippen LogP contribution in [0.15, 0.2) is 18.2 Å². The molecule has 2 fully saturated rings. The summed E-state index contributed by atoms with van der Waals surface area (Å²) in [6, 6.07) is 4.13. The van der Waals surface area contributed by atoms with Crippen LogP contribution in [0.5, 0.6) is 0 Å². The van der Waals surface area contributed by atoms with Crippen molar-refractivity contribution >= 4 is 23.4 Å². The summed E-state index contributed by atoms with van der Waals surface area (Å²) in [6.07, 6.45) is 1.07. The number of rotatable bonds is 5. The van der Waals surface area contributed by atoms with Gasteiger partial charge in [-0.3, -0.25) is 19.2 Å². The van der Waals surface area contributed by atoms with E-state index in [-0.39, 0.29) is 56.2 Å². The Labute approximate surface area is 177 Å². The third-order valence-electron chi connectivity index (χ3n) is 6.57. The lowest BCUT2D eigenvalue weighted by Gasteiger charge is -2.30. The van der Waals surface area contributed by atoms with Crippen LogP contribution in [0.4, 0.5) is 8.78 Å². The molecular formula is C22H24F2N2O5. The number of hydrogen-bond donors (Lipinski definition) is 2. The summed E-state index contributed by atoms with van der Waals surface area (Å²) in [5.74, 6) is -6.09. The highest BCUT2D eigenvalue weighted by Gasteiger charge is 2.59. The van der Waals surface area contributed by atoms with E-state index < -0.39 is 23.5 Å². The molecule has 0 radical (unpaired) electrons. The van der Waals surface area contributed by atoms with E-state index in [0.717, 1.165) is 0 Å². The minimum absolute atomic E-state index is 0.115. The number of carbonyl (C=O) groups excluding carboxylic acids is 4. The zero-order valence-corrected chi connectivity index (χ0v) is 17.0. The highest BCUT2D eigenvalue weighted by Crippen LogP contribution is 2.42. The van der Waals surface area contributed by atoms with Crippen molar-refractivity contribution in [1.82, 2.24) is 10.2 Å². The second-order valence-corrected chi connectivity index (χ2v) is 8.66. The van der Waals surface area contributed by atoms with Crippen LogP contribution in [0.1, 0.15) is 66.4 Å². The summed E-state index contributed by atoms with van der Waals surface area (Å²) in [6.45, 7) is 0.0132. The molecular weight excluding hydrogens is 410 g/mol. The predicted molar refractivity (Wildman–Crippen MR) is 104 cm³/mol. The number of nitrogens with one attached hydrogen (secondary N) is 1. The molecule has 4 rings (SSSR count). The van der Waals surface area contributed by atoms with Gasteiger partial charge in [-0.25, -0.2) is 0 Å². The summed E-state index contributed by atoms with van der Waals surface area (Å²) in [7, 11) is 0. The van der Waals surface area contributed by atoms with Crippen LogP contribution in [-0.4, -0.2) is 51.0 Å². The molecule has 2 amide bonds. The number of Topliss-reactive ketones (excluding diaryl/α,β-unsaturated/α-hetero) is 2. The number of fused-ring (bicyclic) bond motifs is 1. The molecule has 0 spiro atoms. The van der Waals surface area contributed by atoms with Crippen molar-refractivity contribution in [1.29, 1.82) is 0 Å². The highest BCUT2D eigenvalue weighted by molar-refractivity contribution is 6.07. The van der Waals surface area contributed by atoms with Gasteiger partial charge in [-0.15, -0.1) is 0 Å². The Morgan fingerprint density at radius 1 is 1.23 bits per heavy atom. The number of hydrogen-bond acceptors (Lipinski definition) is 5. The molecule has 166 valence electrons. The van der Waals surface area contributed by atoms with E-state index in [4.69, 9.17) is 0 Å². The van der Waals surface area contributed by atoms with Crippen molar-refractivity contribution in [3.63, 3.8) is 0 Å². The van der Waals surface area contributed by atoms with E-state index in [2.05, 4.69) is 5.32 Å². The Kier molecular flexibility index (Phi) is 5.41. The second-order valence-electron chi connectivity index (χ2n) is 8.66. The molecule has 0 saturated heterocycles. The summed E-state index contributed by atoms with van der Waals surface area (Å²) in [4.78, 5) is 49.9. The predicted octanol–water partition coefficient (Wildman–Crippen LogP) is 1.89. The SMILES string of the molecule is O=C1CCC(N2Cc3cc(CNC(=O)C(F)(F)C4(O)CCCC4)ccc3C2=O)C(=O)C1. The number of ketones is 2. The molecule has 1 aromatic carbocycles. The second kappa shape index (κ2) is 7.78. The van der Waals surface area contributed by atoms with Crippen molar-refractivity contribution in [2.24, 2.45) is 0 Å². The fraction of sp³-hybridized carbons (Fsp3) is 0.545. The lowest BCUT2D eigenvalue weighted by atomic mass is 9.92. The standard InChI is InChI=1S/C22H24F2N2O5/c23-22(24,21(31)7-1-2-8-21)20(30)25-11-13-3-5-16-14(9-13)12-26(19(16)29)17-6-4-15(27)10-18(17)28/h3,5,9,17,31H,1-2,4,6-8,10-12H2,(H,25,30). The maximum atomic E-state index is 14.4. The number of benzene rings is 1. The molecule has 2 saturated carbocycles. The topological polar surface area (TPSA) is 104 Å². The van der Waals surface area contributed by atoms with Crippen LogP contribution in [0.25, 0.3) is 0 Å². The smallest absolute Gasteiger partial charge is 0.352 e. The first kappa shape index (κ1) is 21.5. The van der Waals surface area contributed by atoms with Crippen LogP contribution in [0.2, 0.25) is 0 Å². The van der Waals surface area contributed by atoms with E-state index in [0.29, 0.717) is 36.0 Å². The van der Waals surface area contributed by atoms with E-state index in [9.17, 15) is 33.1 Å². The number of carbonyl (C=O) groups is 4. The van der Waals surface area contributed by atoms with Gasteiger partial charge in [0.15, 0.2) is 5.78 Å². The van der Waals surface area contributed by atoms with Gasteiger partial charge in [0.2, 0.25) is 0 Å². The van der Waals surface area contributed by atoms with E-state index in [1.807, 2.05) is 0 Å². The summed E-state index contributed by atoms with van der Waals surface area (Å²) in [5.41, 5.74) is -0.718. The van der Waals surface area contributed by atoms with Crippen molar-refractivity contribution in [2.45, 2.75) is 75.6 Å². The number of alkyl halides is 2. The van der Waals surface area contributed by atoms with Gasteiger partial charge in [-0.05, 0) is 36.5 Å². The van der Waals surface area contributed by atoms with Gasteiger partial charge in [-0.2, -0.15) is 8.78 Å². The molecule has 1 aromatic rings. The molecule has 1 aliphatic heterocycles. The first-order chi connectivity index (χ1) is 14.6. The van der Waals surface area contributed by atoms with E-state index in [1.54, 1.807) is 18.2 Å². The van der Waals surface area contributed by atoms with Gasteiger partial charge >= 0.3 is 5.92 Å². The lowest BCUT2D eigenvalue weighted by Crippen LogP contribution is -2.55. The van der Waals surface area contributed by atoms with Gasteiger partial charge in [0, 0.05) is 25.1 Å². The summed E-state index contributed by atoms with van der Waals surface area (Å²) < 4.78 is 28.9. The molecule has 2 N–H and O–H groups in total. The fourth-order valence-corrected chi connectivity index (χ4v) is 4.73. The molecule has 9 heteroatoms. The third-order valence-corrected chi connectivity index (χ3v) is 6.57. The van der Waals surface area contributed by atoms with Gasteiger partial charge in [-0.1, -0.05) is 25.0 Å². The minimum atomic E-state index is -3.88.